The molecule has 0 aliphatic rings. The van der Waals surface area contributed by atoms with Gasteiger partial charge in [0, 0.05) is 11.1 Å². The first kappa shape index (κ1) is 21.1. The average molecular weight is 417 g/mol. The molecule has 0 saturated carbocycles. The Morgan fingerprint density at radius 1 is 1.10 bits per heavy atom. The predicted octanol–water partition coefficient (Wildman–Crippen LogP) is 4.60. The van der Waals surface area contributed by atoms with Crippen LogP contribution in [0.25, 0.3) is 0 Å². The van der Waals surface area contributed by atoms with E-state index in [4.69, 9.17) is 10.00 Å². The van der Waals surface area contributed by atoms with Crippen molar-refractivity contribution in [2.45, 2.75) is 29.9 Å². The Morgan fingerprint density at radius 2 is 1.83 bits per heavy atom. The maximum atomic E-state index is 12.7. The molecule has 1 N–H and O–H groups in total. The van der Waals surface area contributed by atoms with Crippen LogP contribution in [0.3, 0.4) is 0 Å². The van der Waals surface area contributed by atoms with Crippen molar-refractivity contribution < 1.29 is 14.3 Å². The second kappa shape index (κ2) is 9.72. The fraction of sp³-hybridized carbons (Fsp3) is 0.130. The van der Waals surface area contributed by atoms with Gasteiger partial charge >= 0.3 is 5.97 Å². The number of amides is 1. The van der Waals surface area contributed by atoms with Crippen molar-refractivity contribution in [3.63, 3.8) is 0 Å². The van der Waals surface area contributed by atoms with Crippen molar-refractivity contribution in [2.24, 2.45) is 0 Å². The number of aromatic nitrogens is 1. The summed E-state index contributed by atoms with van der Waals surface area (Å²) in [5.41, 5.74) is 2.11. The maximum absolute atomic E-state index is 12.7. The first-order valence-electron chi connectivity index (χ1n) is 9.18. The normalized spacial score (nSPS) is 11.2. The maximum Gasteiger partial charge on any atom is 0.341 e. The molecule has 1 heterocycles. The van der Waals surface area contributed by atoms with Crippen LogP contribution in [0, 0.1) is 18.3 Å². The van der Waals surface area contributed by atoms with E-state index in [1.54, 1.807) is 42.6 Å². The minimum absolute atomic E-state index is 0.278. The van der Waals surface area contributed by atoms with E-state index in [2.05, 4.69) is 10.3 Å². The van der Waals surface area contributed by atoms with Crippen LogP contribution in [-0.4, -0.2) is 23.0 Å². The lowest BCUT2D eigenvalue weighted by atomic mass is 10.2. The number of esters is 1. The molecule has 3 rings (SSSR count). The van der Waals surface area contributed by atoms with Gasteiger partial charge in [0.25, 0.3) is 5.91 Å². The van der Waals surface area contributed by atoms with E-state index >= 15 is 0 Å². The van der Waals surface area contributed by atoms with Gasteiger partial charge < -0.3 is 10.1 Å². The third-order valence-electron chi connectivity index (χ3n) is 4.19. The van der Waals surface area contributed by atoms with E-state index in [-0.39, 0.29) is 5.56 Å². The number of nitrogens with one attached hydrogen (secondary N) is 1. The number of nitrogens with zero attached hydrogens (tertiary/aromatic N) is 2. The smallest absolute Gasteiger partial charge is 0.341 e. The quantitative estimate of drug-likeness (QED) is 0.590. The Balaban J connectivity index is 1.70. The van der Waals surface area contributed by atoms with Crippen LogP contribution in [-0.2, 0) is 9.53 Å². The number of rotatable bonds is 6. The fourth-order valence-electron chi connectivity index (χ4n) is 2.55. The van der Waals surface area contributed by atoms with Crippen LogP contribution < -0.4 is 5.32 Å². The third-order valence-corrected chi connectivity index (χ3v) is 5.21. The topological polar surface area (TPSA) is 92.1 Å². The van der Waals surface area contributed by atoms with E-state index in [1.807, 2.05) is 37.3 Å². The van der Waals surface area contributed by atoms with Crippen LogP contribution in [0.2, 0.25) is 0 Å². The van der Waals surface area contributed by atoms with Gasteiger partial charge in [-0.15, -0.1) is 0 Å². The van der Waals surface area contributed by atoms with Gasteiger partial charge in [-0.25, -0.2) is 9.78 Å². The summed E-state index contributed by atoms with van der Waals surface area (Å²) in [6.45, 7) is 3.48. The Morgan fingerprint density at radius 3 is 2.57 bits per heavy atom. The Bertz CT molecular complexity index is 1110. The van der Waals surface area contributed by atoms with E-state index in [1.165, 1.54) is 18.7 Å². The number of carbonyl (C=O) groups excluding carboxylic acids is 2. The molecule has 0 saturated heterocycles. The minimum atomic E-state index is -1.05. The number of para-hydroxylation sites is 1. The Hall–Kier alpha value is -3.63. The standard InChI is InChI=1S/C23H19N3O3S/c1-15-9-11-18(12-10-15)30-22-19(7-5-13-25-22)23(28)29-16(2)21(27)26-20-8-4-3-6-17(20)14-24/h3-13,16H,1-2H3,(H,26,27)/t16-/m0/s1. The summed E-state index contributed by atoms with van der Waals surface area (Å²) in [7, 11) is 0. The number of carbonyl (C=O) groups is 2. The van der Waals surface area contributed by atoms with Crippen molar-refractivity contribution in [3.05, 3.63) is 83.6 Å². The van der Waals surface area contributed by atoms with Gasteiger partial charge in [0.15, 0.2) is 6.10 Å². The number of anilines is 1. The summed E-state index contributed by atoms with van der Waals surface area (Å²) in [5, 5.41) is 12.2. The summed E-state index contributed by atoms with van der Waals surface area (Å²) in [6.07, 6.45) is 0.545. The second-order valence-electron chi connectivity index (χ2n) is 6.47. The number of hydrogen-bond acceptors (Lipinski definition) is 6. The van der Waals surface area contributed by atoms with Crippen LogP contribution in [0.1, 0.15) is 28.4 Å². The first-order chi connectivity index (χ1) is 14.5. The molecule has 0 spiro atoms. The van der Waals surface area contributed by atoms with Crippen molar-refractivity contribution in [1.29, 1.82) is 5.26 Å². The molecule has 0 aliphatic heterocycles. The highest BCUT2D eigenvalue weighted by Gasteiger charge is 2.22. The van der Waals surface area contributed by atoms with Gasteiger partial charge in [-0.05, 0) is 50.2 Å². The molecule has 1 amide bonds. The molecule has 1 atom stereocenters. The van der Waals surface area contributed by atoms with E-state index in [0.717, 1.165) is 10.5 Å². The van der Waals surface area contributed by atoms with Gasteiger partial charge in [-0.1, -0.05) is 41.6 Å². The molecule has 150 valence electrons. The molecule has 2 aromatic carbocycles. The number of nitriles is 1. The lowest BCUT2D eigenvalue weighted by Gasteiger charge is -2.15. The van der Waals surface area contributed by atoms with Crippen molar-refractivity contribution >= 4 is 29.3 Å². The van der Waals surface area contributed by atoms with E-state index < -0.39 is 18.0 Å². The zero-order valence-electron chi connectivity index (χ0n) is 16.5. The second-order valence-corrected chi connectivity index (χ2v) is 7.53. The van der Waals surface area contributed by atoms with Gasteiger partial charge in [0.2, 0.25) is 0 Å². The van der Waals surface area contributed by atoms with Gasteiger partial charge in [0.1, 0.15) is 11.1 Å². The number of ether oxygens (including phenoxy) is 1. The molecular weight excluding hydrogens is 398 g/mol. The highest BCUT2D eigenvalue weighted by molar-refractivity contribution is 7.99. The van der Waals surface area contributed by atoms with Gasteiger partial charge in [0.05, 0.1) is 16.8 Å². The highest BCUT2D eigenvalue weighted by Crippen LogP contribution is 2.29. The molecule has 0 radical (unpaired) electrons. The summed E-state index contributed by atoms with van der Waals surface area (Å²) in [5.74, 6) is -1.17. The molecule has 3 aromatic rings. The van der Waals surface area contributed by atoms with Crippen LogP contribution in [0.5, 0.6) is 0 Å². The molecule has 0 fully saturated rings. The van der Waals surface area contributed by atoms with Gasteiger partial charge in [-0.2, -0.15) is 5.26 Å². The summed E-state index contributed by atoms with van der Waals surface area (Å²) in [6, 6.07) is 19.7. The summed E-state index contributed by atoms with van der Waals surface area (Å²) < 4.78 is 5.35. The third kappa shape index (κ3) is 5.25. The molecular formula is C23H19N3O3S. The SMILES string of the molecule is Cc1ccc(Sc2ncccc2C(=O)O[C@@H](C)C(=O)Nc2ccccc2C#N)cc1. The molecule has 0 aliphatic carbocycles. The average Bonchev–Trinajstić information content (AvgIpc) is 2.76. The van der Waals surface area contributed by atoms with Crippen LogP contribution in [0.4, 0.5) is 5.69 Å². The molecule has 6 nitrogen and oxygen atoms in total. The van der Waals surface area contributed by atoms with Crippen molar-refractivity contribution in [3.8, 4) is 6.07 Å². The Kier molecular flexibility index (Phi) is 6.83. The Labute approximate surface area is 178 Å². The van der Waals surface area contributed by atoms with Crippen molar-refractivity contribution in [1.82, 2.24) is 4.98 Å². The molecule has 30 heavy (non-hydrogen) atoms. The largest absolute Gasteiger partial charge is 0.449 e. The zero-order valence-corrected chi connectivity index (χ0v) is 17.3. The highest BCUT2D eigenvalue weighted by atomic mass is 32.2. The van der Waals surface area contributed by atoms with Gasteiger partial charge in [-0.3, -0.25) is 4.79 Å². The number of pyridine rings is 1. The monoisotopic (exact) mass is 417 g/mol. The lowest BCUT2D eigenvalue weighted by molar-refractivity contribution is -0.123. The number of benzene rings is 2. The lowest BCUT2D eigenvalue weighted by Crippen LogP contribution is -2.30. The minimum Gasteiger partial charge on any atom is -0.449 e. The molecule has 1 aromatic heterocycles. The number of hydrogen-bond donors (Lipinski definition) is 1. The number of aryl methyl sites for hydroxylation is 1. The zero-order chi connectivity index (χ0) is 21.5. The molecule has 0 unspecified atom stereocenters. The summed E-state index contributed by atoms with van der Waals surface area (Å²) in [4.78, 5) is 30.4. The first-order valence-corrected chi connectivity index (χ1v) is 10.00. The summed E-state index contributed by atoms with van der Waals surface area (Å²) >= 11 is 1.35. The van der Waals surface area contributed by atoms with Crippen LogP contribution in [0.15, 0.2) is 76.8 Å². The molecule has 0 bridgehead atoms. The van der Waals surface area contributed by atoms with E-state index in [9.17, 15) is 9.59 Å². The van der Waals surface area contributed by atoms with Crippen molar-refractivity contribution in [2.75, 3.05) is 5.32 Å². The van der Waals surface area contributed by atoms with E-state index in [0.29, 0.717) is 16.3 Å². The van der Waals surface area contributed by atoms with Crippen LogP contribution >= 0.6 is 11.8 Å². The fourth-order valence-corrected chi connectivity index (χ4v) is 3.42. The molecule has 7 heteroatoms. The predicted molar refractivity (Wildman–Crippen MR) is 114 cm³/mol.